The lowest BCUT2D eigenvalue weighted by Gasteiger charge is -2.32. The Morgan fingerprint density at radius 3 is 2.26 bits per heavy atom. The summed E-state index contributed by atoms with van der Waals surface area (Å²) in [6, 6.07) is 21.0. The Balaban J connectivity index is 1.19. The highest BCUT2D eigenvalue weighted by molar-refractivity contribution is 7.99. The topological polar surface area (TPSA) is 54.3 Å². The summed E-state index contributed by atoms with van der Waals surface area (Å²) in [5, 5.41) is 9.87. The standard InChI is InChI=1S/C28H35N5OS/c34-27(32-18-14-24(15-19-32)20-23-10-4-1-5-11-23)22-35-28-30-29-26(21-31-16-8-3-9-17-31)33(28)25-12-6-2-7-13-25/h1-2,4-7,10-13,24H,3,8-9,14-22H2. The molecule has 2 saturated heterocycles. The van der Waals surface area contributed by atoms with Crippen LogP contribution in [0.25, 0.3) is 5.69 Å². The maximum atomic E-state index is 13.0. The van der Waals surface area contributed by atoms with Crippen molar-refractivity contribution in [3.05, 3.63) is 72.1 Å². The highest BCUT2D eigenvalue weighted by atomic mass is 32.2. The Kier molecular flexibility index (Phi) is 8.16. The van der Waals surface area contributed by atoms with Gasteiger partial charge < -0.3 is 4.90 Å². The van der Waals surface area contributed by atoms with E-state index in [0.717, 1.165) is 68.7 Å². The molecule has 2 aliphatic heterocycles. The van der Waals surface area contributed by atoms with Gasteiger partial charge in [0.15, 0.2) is 11.0 Å². The van der Waals surface area contributed by atoms with E-state index in [2.05, 4.69) is 62.1 Å². The molecule has 2 aromatic carbocycles. The van der Waals surface area contributed by atoms with Crippen LogP contribution in [0.3, 0.4) is 0 Å². The van der Waals surface area contributed by atoms with Crippen LogP contribution in [0.15, 0.2) is 65.8 Å². The van der Waals surface area contributed by atoms with Crippen molar-refractivity contribution < 1.29 is 4.79 Å². The average molecular weight is 490 g/mol. The molecular formula is C28H35N5OS. The van der Waals surface area contributed by atoms with Crippen LogP contribution in [0.1, 0.15) is 43.5 Å². The smallest absolute Gasteiger partial charge is 0.233 e. The molecule has 35 heavy (non-hydrogen) atoms. The van der Waals surface area contributed by atoms with Crippen molar-refractivity contribution in [3.63, 3.8) is 0 Å². The van der Waals surface area contributed by atoms with Gasteiger partial charge in [-0.1, -0.05) is 66.7 Å². The predicted molar refractivity (Wildman–Crippen MR) is 141 cm³/mol. The van der Waals surface area contributed by atoms with Gasteiger partial charge in [0.1, 0.15) is 0 Å². The summed E-state index contributed by atoms with van der Waals surface area (Å²) in [5.74, 6) is 2.22. The zero-order chi connectivity index (χ0) is 23.9. The number of rotatable bonds is 8. The molecule has 1 aromatic heterocycles. The van der Waals surface area contributed by atoms with E-state index in [-0.39, 0.29) is 5.91 Å². The van der Waals surface area contributed by atoms with E-state index < -0.39 is 0 Å². The third-order valence-corrected chi connectivity index (χ3v) is 8.10. The Morgan fingerprint density at radius 2 is 1.54 bits per heavy atom. The van der Waals surface area contributed by atoms with Crippen LogP contribution in [0.4, 0.5) is 0 Å². The zero-order valence-corrected chi connectivity index (χ0v) is 21.2. The summed E-state index contributed by atoms with van der Waals surface area (Å²) in [5.41, 5.74) is 2.45. The third-order valence-electron chi connectivity index (χ3n) is 7.19. The van der Waals surface area contributed by atoms with E-state index in [4.69, 9.17) is 0 Å². The number of para-hydroxylation sites is 1. The first kappa shape index (κ1) is 24.1. The van der Waals surface area contributed by atoms with Crippen LogP contribution < -0.4 is 0 Å². The number of likely N-dealkylation sites (tertiary alicyclic amines) is 2. The fourth-order valence-electron chi connectivity index (χ4n) is 5.20. The highest BCUT2D eigenvalue weighted by Crippen LogP contribution is 2.26. The first-order valence-corrected chi connectivity index (χ1v) is 13.9. The Morgan fingerprint density at radius 1 is 0.857 bits per heavy atom. The molecule has 6 nitrogen and oxygen atoms in total. The predicted octanol–water partition coefficient (Wildman–Crippen LogP) is 4.83. The second-order valence-corrected chi connectivity index (χ2v) is 10.7. The van der Waals surface area contributed by atoms with Gasteiger partial charge in [0.2, 0.25) is 5.91 Å². The fraction of sp³-hybridized carbons (Fsp3) is 0.464. The summed E-state index contributed by atoms with van der Waals surface area (Å²) >= 11 is 1.51. The Labute approximate surface area is 212 Å². The van der Waals surface area contributed by atoms with Crippen LogP contribution in [0.2, 0.25) is 0 Å². The average Bonchev–Trinajstić information content (AvgIpc) is 3.31. The molecule has 0 bridgehead atoms. The maximum absolute atomic E-state index is 13.0. The van der Waals surface area contributed by atoms with Crippen LogP contribution in [0, 0.1) is 5.92 Å². The highest BCUT2D eigenvalue weighted by Gasteiger charge is 2.24. The molecule has 2 aliphatic rings. The maximum Gasteiger partial charge on any atom is 0.233 e. The molecule has 1 amide bonds. The molecular weight excluding hydrogens is 454 g/mol. The van der Waals surface area contributed by atoms with Crippen molar-refractivity contribution in [2.45, 2.75) is 50.2 Å². The zero-order valence-electron chi connectivity index (χ0n) is 20.4. The van der Waals surface area contributed by atoms with E-state index in [1.807, 2.05) is 23.1 Å². The molecule has 3 aromatic rings. The molecule has 0 radical (unpaired) electrons. The van der Waals surface area contributed by atoms with Gasteiger partial charge in [-0.3, -0.25) is 14.3 Å². The first-order valence-electron chi connectivity index (χ1n) is 12.9. The lowest BCUT2D eigenvalue weighted by molar-refractivity contribution is -0.129. The van der Waals surface area contributed by atoms with Crippen LogP contribution in [0.5, 0.6) is 0 Å². The van der Waals surface area contributed by atoms with Gasteiger partial charge in [-0.25, -0.2) is 0 Å². The number of carbonyl (C=O) groups excluding carboxylic acids is 1. The Hall–Kier alpha value is -2.64. The number of hydrogen-bond acceptors (Lipinski definition) is 5. The van der Waals surface area contributed by atoms with Gasteiger partial charge >= 0.3 is 0 Å². The molecule has 0 saturated carbocycles. The number of nitrogens with zero attached hydrogens (tertiary/aromatic N) is 5. The van der Waals surface area contributed by atoms with Crippen molar-refractivity contribution in [1.82, 2.24) is 24.6 Å². The summed E-state index contributed by atoms with van der Waals surface area (Å²) in [7, 11) is 0. The van der Waals surface area contributed by atoms with Crippen LogP contribution >= 0.6 is 11.8 Å². The SMILES string of the molecule is O=C(CSc1nnc(CN2CCCCC2)n1-c1ccccc1)N1CCC(Cc2ccccc2)CC1. The molecule has 0 N–H and O–H groups in total. The minimum absolute atomic E-state index is 0.202. The summed E-state index contributed by atoms with van der Waals surface area (Å²) in [6.45, 7) is 4.72. The minimum Gasteiger partial charge on any atom is -0.342 e. The molecule has 0 unspecified atom stereocenters. The number of aromatic nitrogens is 3. The number of benzene rings is 2. The molecule has 184 valence electrons. The molecule has 2 fully saturated rings. The number of piperidine rings is 2. The monoisotopic (exact) mass is 489 g/mol. The number of carbonyl (C=O) groups is 1. The van der Waals surface area contributed by atoms with Crippen molar-refractivity contribution in [2.75, 3.05) is 31.9 Å². The number of hydrogen-bond donors (Lipinski definition) is 0. The van der Waals surface area contributed by atoms with E-state index in [1.54, 1.807) is 0 Å². The molecule has 0 spiro atoms. The molecule has 7 heteroatoms. The molecule has 0 aliphatic carbocycles. The summed E-state index contributed by atoms with van der Waals surface area (Å²) < 4.78 is 2.14. The van der Waals surface area contributed by atoms with Gasteiger partial charge in [0, 0.05) is 18.8 Å². The first-order chi connectivity index (χ1) is 17.3. The number of thioether (sulfide) groups is 1. The lowest BCUT2D eigenvalue weighted by Crippen LogP contribution is -2.39. The molecule has 3 heterocycles. The quantitative estimate of drug-likeness (QED) is 0.425. The summed E-state index contributed by atoms with van der Waals surface area (Å²) in [6.07, 6.45) is 7.07. The Bertz CT molecular complexity index is 1070. The van der Waals surface area contributed by atoms with E-state index in [9.17, 15) is 4.79 Å². The van der Waals surface area contributed by atoms with Gasteiger partial charge in [-0.15, -0.1) is 10.2 Å². The van der Waals surface area contributed by atoms with E-state index in [0.29, 0.717) is 11.7 Å². The summed E-state index contributed by atoms with van der Waals surface area (Å²) in [4.78, 5) is 17.5. The fourth-order valence-corrected chi connectivity index (χ4v) is 6.08. The lowest BCUT2D eigenvalue weighted by atomic mass is 9.90. The van der Waals surface area contributed by atoms with E-state index >= 15 is 0 Å². The largest absolute Gasteiger partial charge is 0.342 e. The third kappa shape index (κ3) is 6.33. The van der Waals surface area contributed by atoms with E-state index in [1.165, 1.54) is 36.6 Å². The number of amides is 1. The minimum atomic E-state index is 0.202. The van der Waals surface area contributed by atoms with Crippen molar-refractivity contribution >= 4 is 17.7 Å². The molecule has 5 rings (SSSR count). The van der Waals surface area contributed by atoms with Gasteiger partial charge in [0.05, 0.1) is 12.3 Å². The second-order valence-electron chi connectivity index (χ2n) is 9.71. The van der Waals surface area contributed by atoms with Crippen LogP contribution in [-0.2, 0) is 17.8 Å². The van der Waals surface area contributed by atoms with Crippen molar-refractivity contribution in [3.8, 4) is 5.69 Å². The van der Waals surface area contributed by atoms with Crippen LogP contribution in [-0.4, -0.2) is 62.4 Å². The van der Waals surface area contributed by atoms with Gasteiger partial charge in [-0.05, 0) is 68.8 Å². The van der Waals surface area contributed by atoms with Gasteiger partial charge in [0.25, 0.3) is 0 Å². The van der Waals surface area contributed by atoms with Crippen molar-refractivity contribution in [1.29, 1.82) is 0 Å². The van der Waals surface area contributed by atoms with Crippen molar-refractivity contribution in [2.24, 2.45) is 5.92 Å². The second kappa shape index (κ2) is 11.9. The van der Waals surface area contributed by atoms with Gasteiger partial charge in [-0.2, -0.15) is 0 Å². The normalized spacial score (nSPS) is 17.5. The molecule has 0 atom stereocenters.